The third-order valence-electron chi connectivity index (χ3n) is 7.08. The molecule has 0 N–H and O–H groups in total. The van der Waals surface area contributed by atoms with Crippen LogP contribution in [-0.2, 0) is 33.7 Å². The summed E-state index contributed by atoms with van der Waals surface area (Å²) >= 11 is -0.826. The summed E-state index contributed by atoms with van der Waals surface area (Å²) in [5.74, 6) is 1.41. The standard InChI is InChI=1S/2C19H19.C2H6Si.2ClH.Zr/c2*1-14(2)11-15-12-17-9-6-10-18(19(17)13-15)16-7-4-3-5-8-16;1-3-2;;;/h2*3-10,12-14H,11H2,1-2H3;1-2H3;2*1H;/q2*-1;;;;+4/p-2. The Morgan fingerprint density at radius 2 is 0.909 bits per heavy atom. The van der Waals surface area contributed by atoms with Crippen molar-refractivity contribution in [2.45, 2.75) is 53.6 Å². The Morgan fingerprint density at radius 1 is 0.568 bits per heavy atom. The molecule has 0 aliphatic rings. The van der Waals surface area contributed by atoms with Crippen LogP contribution in [-0.4, -0.2) is 9.52 Å². The number of halogens is 2. The second-order valence-electron chi connectivity index (χ2n) is 11.8. The quantitative estimate of drug-likeness (QED) is 0.119. The fourth-order valence-electron chi connectivity index (χ4n) is 5.51. The van der Waals surface area contributed by atoms with Gasteiger partial charge in [0.15, 0.2) is 0 Å². The van der Waals surface area contributed by atoms with E-state index in [2.05, 4.69) is 162 Å². The van der Waals surface area contributed by atoms with Crippen LogP contribution >= 0.6 is 17.0 Å². The molecule has 0 saturated heterocycles. The van der Waals surface area contributed by atoms with Crippen LogP contribution in [0.15, 0.2) is 121 Å². The first kappa shape index (κ1) is 36.3. The van der Waals surface area contributed by atoms with Gasteiger partial charge in [0.2, 0.25) is 0 Å². The van der Waals surface area contributed by atoms with Crippen LogP contribution in [0.5, 0.6) is 0 Å². The van der Waals surface area contributed by atoms with Crippen molar-refractivity contribution in [1.29, 1.82) is 0 Å². The van der Waals surface area contributed by atoms with Gasteiger partial charge < -0.3 is 0 Å². The fourth-order valence-corrected chi connectivity index (χ4v) is 5.51. The molecule has 0 nitrogen and oxygen atoms in total. The third-order valence-corrected chi connectivity index (χ3v) is 7.08. The summed E-state index contributed by atoms with van der Waals surface area (Å²) in [4.78, 5) is 0. The third kappa shape index (κ3) is 11.0. The molecule has 0 heterocycles. The molecule has 6 aromatic rings. The number of fused-ring (bicyclic) bond motifs is 2. The predicted molar refractivity (Wildman–Crippen MR) is 196 cm³/mol. The summed E-state index contributed by atoms with van der Waals surface area (Å²) in [6, 6.07) is 43.9. The van der Waals surface area contributed by atoms with Gasteiger partial charge in [0.25, 0.3) is 0 Å². The molecule has 0 spiro atoms. The van der Waals surface area contributed by atoms with Crippen molar-refractivity contribution in [1.82, 2.24) is 0 Å². The van der Waals surface area contributed by atoms with E-state index in [0.29, 0.717) is 11.8 Å². The summed E-state index contributed by atoms with van der Waals surface area (Å²) < 4.78 is 0. The Labute approximate surface area is 287 Å². The van der Waals surface area contributed by atoms with Gasteiger partial charge >= 0.3 is 37.9 Å². The molecule has 0 aromatic heterocycles. The molecule has 0 atom stereocenters. The molecule has 44 heavy (non-hydrogen) atoms. The van der Waals surface area contributed by atoms with E-state index < -0.39 is 20.8 Å². The van der Waals surface area contributed by atoms with Crippen LogP contribution in [0.25, 0.3) is 43.8 Å². The molecule has 0 saturated carbocycles. The molecule has 0 amide bonds. The van der Waals surface area contributed by atoms with E-state index in [0.717, 1.165) is 22.4 Å². The zero-order chi connectivity index (χ0) is 31.9. The van der Waals surface area contributed by atoms with Gasteiger partial charge in [-0.1, -0.05) is 125 Å². The van der Waals surface area contributed by atoms with Crippen molar-refractivity contribution in [3.63, 3.8) is 0 Å². The van der Waals surface area contributed by atoms with Gasteiger partial charge in [-0.2, -0.15) is 12.1 Å². The van der Waals surface area contributed by atoms with E-state index in [1.165, 1.54) is 54.9 Å². The minimum atomic E-state index is -0.826. The van der Waals surface area contributed by atoms with Gasteiger partial charge in [-0.15, -0.1) is 69.1 Å². The summed E-state index contributed by atoms with van der Waals surface area (Å²) in [6.07, 6.45) is 2.31. The molecule has 6 aromatic carbocycles. The van der Waals surface area contributed by atoms with Crippen molar-refractivity contribution >= 4 is 48.1 Å². The molecule has 4 heteroatoms. The van der Waals surface area contributed by atoms with Crippen LogP contribution < -0.4 is 0 Å². The van der Waals surface area contributed by atoms with Crippen LogP contribution in [0.3, 0.4) is 0 Å². The molecule has 0 aliphatic carbocycles. The molecule has 0 aliphatic heterocycles. The molecule has 2 radical (unpaired) electrons. The summed E-state index contributed by atoms with van der Waals surface area (Å²) in [7, 11) is 11.0. The number of hydrogen-bond donors (Lipinski definition) is 0. The van der Waals surface area contributed by atoms with E-state index in [-0.39, 0.29) is 0 Å². The van der Waals surface area contributed by atoms with Crippen LogP contribution in [0, 0.1) is 11.8 Å². The molecule has 0 bridgehead atoms. The molecule has 226 valence electrons. The SMILES string of the molecule is CC(C)Cc1cc2c(-c3ccccc3)cccc2[cH-]1.CC(C)Cc1cc2c(-c3ccccc3)cccc2[cH-]1.C[Si]C.[Cl][Zr+2][Cl]. The normalized spacial score (nSPS) is 10.4. The van der Waals surface area contributed by atoms with Crippen molar-refractivity contribution in [2.24, 2.45) is 11.8 Å². The van der Waals surface area contributed by atoms with Crippen molar-refractivity contribution in [3.8, 4) is 22.3 Å². The Hall–Kier alpha value is -2.22. The second kappa shape index (κ2) is 19.3. The van der Waals surface area contributed by atoms with Crippen LogP contribution in [0.2, 0.25) is 13.1 Å². The van der Waals surface area contributed by atoms with Gasteiger partial charge in [0.05, 0.1) is 0 Å². The van der Waals surface area contributed by atoms with Crippen molar-refractivity contribution in [3.05, 3.63) is 132 Å². The Balaban J connectivity index is 0.000000204. The van der Waals surface area contributed by atoms with Gasteiger partial charge in [-0.05, 0) is 35.8 Å². The molecule has 0 fully saturated rings. The van der Waals surface area contributed by atoms with Crippen LogP contribution in [0.4, 0.5) is 0 Å². The molecule has 0 unspecified atom stereocenters. The summed E-state index contributed by atoms with van der Waals surface area (Å²) in [5, 5.41) is 5.47. The van der Waals surface area contributed by atoms with E-state index in [4.69, 9.17) is 17.0 Å². The van der Waals surface area contributed by atoms with Crippen molar-refractivity contribution in [2.75, 3.05) is 0 Å². The predicted octanol–water partition coefficient (Wildman–Crippen LogP) is 13.0. The van der Waals surface area contributed by atoms with E-state index in [1.807, 2.05) is 0 Å². The van der Waals surface area contributed by atoms with E-state index >= 15 is 0 Å². The average Bonchev–Trinajstić information content (AvgIpc) is 3.61. The first-order valence-electron chi connectivity index (χ1n) is 15.3. The maximum atomic E-state index is 4.93. The minimum absolute atomic E-state index is 0.706. The number of hydrogen-bond acceptors (Lipinski definition) is 0. The topological polar surface area (TPSA) is 0 Å². The van der Waals surface area contributed by atoms with E-state index in [1.54, 1.807) is 0 Å². The monoisotopic (exact) mass is 712 g/mol. The van der Waals surface area contributed by atoms with Gasteiger partial charge in [-0.25, -0.2) is 0 Å². The Bertz CT molecular complexity index is 1520. The number of benzene rings is 4. The summed E-state index contributed by atoms with van der Waals surface area (Å²) in [5.41, 5.74) is 8.19. The van der Waals surface area contributed by atoms with Gasteiger partial charge in [0.1, 0.15) is 0 Å². The van der Waals surface area contributed by atoms with Crippen LogP contribution in [0.1, 0.15) is 38.8 Å². The van der Waals surface area contributed by atoms with Gasteiger partial charge in [-0.3, -0.25) is 0 Å². The Kier molecular flexibility index (Phi) is 15.9. The average molecular weight is 715 g/mol. The molecular weight excluding hydrogens is 671 g/mol. The first-order chi connectivity index (χ1) is 21.3. The fraction of sp³-hybridized carbons (Fsp3) is 0.250. The molecular formula is C40H44Cl2SiZr. The second-order valence-corrected chi connectivity index (χ2v) is 16.6. The van der Waals surface area contributed by atoms with Gasteiger partial charge in [0, 0.05) is 9.52 Å². The van der Waals surface area contributed by atoms with E-state index in [9.17, 15) is 0 Å². The maximum absolute atomic E-state index is 4.93. The van der Waals surface area contributed by atoms with Crippen molar-refractivity contribution < 1.29 is 20.8 Å². The number of rotatable bonds is 6. The summed E-state index contributed by atoms with van der Waals surface area (Å²) in [6.45, 7) is 13.4. The molecule has 6 rings (SSSR count). The zero-order valence-corrected chi connectivity index (χ0v) is 31.8. The first-order valence-corrected chi connectivity index (χ1v) is 23.7. The zero-order valence-electron chi connectivity index (χ0n) is 26.9. The Morgan fingerprint density at radius 3 is 1.23 bits per heavy atom.